The van der Waals surface area contributed by atoms with Crippen LogP contribution in [0.3, 0.4) is 0 Å². The van der Waals surface area contributed by atoms with E-state index in [-0.39, 0.29) is 11.6 Å². The van der Waals surface area contributed by atoms with Gasteiger partial charge in [-0.1, -0.05) is 0 Å². The topological polar surface area (TPSA) is 35.2 Å². The van der Waals surface area contributed by atoms with E-state index in [1.165, 1.54) is 15.8 Å². The molecule has 1 atom stereocenters. The van der Waals surface area contributed by atoms with Crippen molar-refractivity contribution < 1.29 is 4.74 Å². The van der Waals surface area contributed by atoms with Crippen molar-refractivity contribution in [3.8, 4) is 0 Å². The highest BCUT2D eigenvalue weighted by atomic mass is 79.9. The van der Waals surface area contributed by atoms with Crippen molar-refractivity contribution in [1.29, 1.82) is 0 Å². The molecule has 0 saturated heterocycles. The maximum Gasteiger partial charge on any atom is 0.0832 e. The fraction of sp³-hybridized carbons (Fsp3) is 0.636. The molecule has 0 spiro atoms. The van der Waals surface area contributed by atoms with Gasteiger partial charge in [0.05, 0.1) is 5.60 Å². The van der Waals surface area contributed by atoms with Gasteiger partial charge in [0.15, 0.2) is 0 Å². The largest absolute Gasteiger partial charge is 0.377 e. The van der Waals surface area contributed by atoms with Crippen LogP contribution >= 0.6 is 27.3 Å². The Kier molecular flexibility index (Phi) is 3.50. The maximum atomic E-state index is 6.25. The Bertz CT molecular complexity index is 330. The number of rotatable bonds is 4. The van der Waals surface area contributed by atoms with E-state index in [0.717, 1.165) is 19.3 Å². The lowest BCUT2D eigenvalue weighted by atomic mass is 9.73. The second-order valence-electron chi connectivity index (χ2n) is 4.12. The smallest absolute Gasteiger partial charge is 0.0832 e. The third-order valence-electron chi connectivity index (χ3n) is 3.38. The van der Waals surface area contributed by atoms with Crippen LogP contribution in [-0.2, 0) is 11.2 Å². The van der Waals surface area contributed by atoms with E-state index < -0.39 is 0 Å². The first-order valence-corrected chi connectivity index (χ1v) is 6.88. The molecule has 1 fully saturated rings. The molecule has 1 aliphatic carbocycles. The lowest BCUT2D eigenvalue weighted by Crippen LogP contribution is -2.55. The van der Waals surface area contributed by atoms with E-state index in [4.69, 9.17) is 10.5 Å². The summed E-state index contributed by atoms with van der Waals surface area (Å²) in [7, 11) is 1.78. The molecule has 2 nitrogen and oxygen atoms in total. The van der Waals surface area contributed by atoms with Crippen molar-refractivity contribution in [2.24, 2.45) is 5.73 Å². The second kappa shape index (κ2) is 4.53. The van der Waals surface area contributed by atoms with Crippen LogP contribution in [0.4, 0.5) is 0 Å². The van der Waals surface area contributed by atoms with Gasteiger partial charge in [0.1, 0.15) is 0 Å². The summed E-state index contributed by atoms with van der Waals surface area (Å²) in [6.45, 7) is 0. The molecule has 4 heteroatoms. The van der Waals surface area contributed by atoms with Gasteiger partial charge < -0.3 is 10.5 Å². The molecule has 84 valence electrons. The predicted molar refractivity (Wildman–Crippen MR) is 67.3 cm³/mol. The lowest BCUT2D eigenvalue weighted by molar-refractivity contribution is -0.0895. The molecule has 0 aromatic carbocycles. The standard InChI is InChI=1S/C11H16BrNOS/c1-14-11(4-2-5-11)10(13)7-9-8(12)3-6-15-9/h3,6,10H,2,4-5,7,13H2,1H3. The Morgan fingerprint density at radius 3 is 2.80 bits per heavy atom. The Balaban J connectivity index is 2.03. The van der Waals surface area contributed by atoms with Crippen LogP contribution < -0.4 is 5.73 Å². The first-order valence-electron chi connectivity index (χ1n) is 5.20. The van der Waals surface area contributed by atoms with E-state index in [2.05, 4.69) is 27.4 Å². The molecule has 1 heterocycles. The zero-order chi connectivity index (χ0) is 10.9. The normalized spacial score (nSPS) is 21.0. The number of ether oxygens (including phenoxy) is 1. The summed E-state index contributed by atoms with van der Waals surface area (Å²) in [5.41, 5.74) is 6.19. The monoisotopic (exact) mass is 289 g/mol. The fourth-order valence-electron chi connectivity index (χ4n) is 2.11. The van der Waals surface area contributed by atoms with Gasteiger partial charge in [-0.15, -0.1) is 11.3 Å². The third-order valence-corrected chi connectivity index (χ3v) is 5.33. The zero-order valence-electron chi connectivity index (χ0n) is 8.83. The van der Waals surface area contributed by atoms with Gasteiger partial charge in [-0.3, -0.25) is 0 Å². The summed E-state index contributed by atoms with van der Waals surface area (Å²) in [5.74, 6) is 0. The molecule has 0 aliphatic heterocycles. The molecule has 0 bridgehead atoms. The predicted octanol–water partition coefficient (Wildman–Crippen LogP) is 2.95. The molecular weight excluding hydrogens is 274 g/mol. The first-order chi connectivity index (χ1) is 7.18. The summed E-state index contributed by atoms with van der Waals surface area (Å²) in [6, 6.07) is 2.19. The molecule has 15 heavy (non-hydrogen) atoms. The molecule has 1 unspecified atom stereocenters. The van der Waals surface area contributed by atoms with Crippen LogP contribution in [-0.4, -0.2) is 18.8 Å². The minimum atomic E-state index is -0.0522. The molecule has 1 aliphatic rings. The van der Waals surface area contributed by atoms with Gasteiger partial charge in [0.2, 0.25) is 0 Å². The summed E-state index contributed by atoms with van der Waals surface area (Å²) >= 11 is 5.29. The number of thiophene rings is 1. The van der Waals surface area contributed by atoms with Gasteiger partial charge >= 0.3 is 0 Å². The van der Waals surface area contributed by atoms with Crippen LogP contribution in [0.25, 0.3) is 0 Å². The van der Waals surface area contributed by atoms with Gasteiger partial charge in [0.25, 0.3) is 0 Å². The number of halogens is 1. The summed E-state index contributed by atoms with van der Waals surface area (Å²) in [5, 5.41) is 2.09. The third kappa shape index (κ3) is 2.13. The van der Waals surface area contributed by atoms with Crippen LogP contribution in [0.15, 0.2) is 15.9 Å². The molecule has 1 saturated carbocycles. The van der Waals surface area contributed by atoms with E-state index >= 15 is 0 Å². The highest BCUT2D eigenvalue weighted by Crippen LogP contribution is 2.39. The van der Waals surface area contributed by atoms with Crippen LogP contribution in [0.2, 0.25) is 0 Å². The van der Waals surface area contributed by atoms with Gasteiger partial charge in [-0.05, 0) is 46.6 Å². The maximum absolute atomic E-state index is 6.25. The van der Waals surface area contributed by atoms with Crippen molar-refractivity contribution in [2.75, 3.05) is 7.11 Å². The minimum absolute atomic E-state index is 0.0522. The number of nitrogens with two attached hydrogens (primary N) is 1. The van der Waals surface area contributed by atoms with Crippen molar-refractivity contribution in [2.45, 2.75) is 37.3 Å². The highest BCUT2D eigenvalue weighted by molar-refractivity contribution is 9.10. The molecule has 0 radical (unpaired) electrons. The van der Waals surface area contributed by atoms with Gasteiger partial charge in [0, 0.05) is 28.9 Å². The van der Waals surface area contributed by atoms with E-state index in [1.807, 2.05) is 0 Å². The minimum Gasteiger partial charge on any atom is -0.377 e. The first kappa shape index (κ1) is 11.6. The Hall–Kier alpha value is 0.100. The molecule has 2 N–H and O–H groups in total. The lowest BCUT2D eigenvalue weighted by Gasteiger charge is -2.45. The van der Waals surface area contributed by atoms with Crippen molar-refractivity contribution in [3.05, 3.63) is 20.8 Å². The Morgan fingerprint density at radius 2 is 2.40 bits per heavy atom. The Labute approximate surface area is 103 Å². The second-order valence-corrected chi connectivity index (χ2v) is 5.98. The summed E-state index contributed by atoms with van der Waals surface area (Å²) < 4.78 is 6.76. The molecule has 1 aromatic rings. The van der Waals surface area contributed by atoms with E-state index in [0.29, 0.717) is 0 Å². The van der Waals surface area contributed by atoms with Crippen LogP contribution in [0, 0.1) is 0 Å². The quantitative estimate of drug-likeness (QED) is 0.925. The van der Waals surface area contributed by atoms with E-state index in [1.54, 1.807) is 18.4 Å². The van der Waals surface area contributed by atoms with Crippen molar-refractivity contribution in [1.82, 2.24) is 0 Å². The van der Waals surface area contributed by atoms with Gasteiger partial charge in [-0.25, -0.2) is 0 Å². The Morgan fingerprint density at radius 1 is 1.67 bits per heavy atom. The van der Waals surface area contributed by atoms with Gasteiger partial charge in [-0.2, -0.15) is 0 Å². The van der Waals surface area contributed by atoms with Crippen LogP contribution in [0.5, 0.6) is 0 Å². The highest BCUT2D eigenvalue weighted by Gasteiger charge is 2.42. The molecule has 2 rings (SSSR count). The average molecular weight is 290 g/mol. The molecule has 1 aromatic heterocycles. The summed E-state index contributed by atoms with van der Waals surface area (Å²) in [6.07, 6.45) is 4.36. The van der Waals surface area contributed by atoms with Crippen molar-refractivity contribution >= 4 is 27.3 Å². The van der Waals surface area contributed by atoms with E-state index in [9.17, 15) is 0 Å². The van der Waals surface area contributed by atoms with Crippen molar-refractivity contribution in [3.63, 3.8) is 0 Å². The molecular formula is C11H16BrNOS. The molecule has 0 amide bonds. The number of hydrogen-bond donors (Lipinski definition) is 1. The number of methoxy groups -OCH3 is 1. The summed E-state index contributed by atoms with van der Waals surface area (Å²) in [4.78, 5) is 1.32. The average Bonchev–Trinajstić information content (AvgIpc) is 2.51. The number of hydrogen-bond acceptors (Lipinski definition) is 3. The SMILES string of the molecule is COC1(C(N)Cc2sccc2Br)CCC1. The fourth-order valence-corrected chi connectivity index (χ4v) is 3.68. The zero-order valence-corrected chi connectivity index (χ0v) is 11.2. The van der Waals surface area contributed by atoms with Crippen LogP contribution in [0.1, 0.15) is 24.1 Å².